The van der Waals surface area contributed by atoms with Gasteiger partial charge in [0.1, 0.15) is 23.3 Å². The van der Waals surface area contributed by atoms with Gasteiger partial charge in [0.2, 0.25) is 0 Å². The molecule has 1 N–H and O–H groups in total. The summed E-state index contributed by atoms with van der Waals surface area (Å²) in [5, 5.41) is 11.3. The van der Waals surface area contributed by atoms with Crippen LogP contribution in [0.3, 0.4) is 0 Å². The number of hydrogen-bond donors (Lipinski definition) is 1. The standard InChI is InChI=1S/C28H28N2O5/c1-17(2)16-35-23-13-8-19(15-18(23)3)26(31)24-25(22-7-5-6-14-29-22)30(28(33)27(24)32)20-9-11-21(34-4)12-10-20/h5-15,17,25,31H,16H2,1-4H3/b26-24-. The SMILES string of the molecule is COc1ccc(N2C(=O)C(=O)/C(=C(\O)c3ccc(OCC(C)C)c(C)c3)C2c2ccccn2)cc1. The molecule has 0 aliphatic carbocycles. The number of anilines is 1. The number of benzene rings is 2. The number of pyridine rings is 1. The van der Waals surface area contributed by atoms with E-state index in [2.05, 4.69) is 18.8 Å². The zero-order chi connectivity index (χ0) is 25.1. The maximum atomic E-state index is 13.3. The van der Waals surface area contributed by atoms with Crippen LogP contribution in [-0.4, -0.2) is 35.5 Å². The van der Waals surface area contributed by atoms with Gasteiger partial charge in [-0.3, -0.25) is 19.5 Å². The summed E-state index contributed by atoms with van der Waals surface area (Å²) < 4.78 is 11.1. The second kappa shape index (κ2) is 10.0. The number of aliphatic hydroxyl groups is 1. The molecule has 3 aromatic rings. The Kier molecular flexibility index (Phi) is 6.87. The van der Waals surface area contributed by atoms with E-state index < -0.39 is 17.7 Å². The van der Waals surface area contributed by atoms with Crippen molar-refractivity contribution in [1.29, 1.82) is 0 Å². The van der Waals surface area contributed by atoms with E-state index in [9.17, 15) is 14.7 Å². The van der Waals surface area contributed by atoms with Crippen LogP contribution in [0.4, 0.5) is 5.69 Å². The Morgan fingerprint density at radius 2 is 1.83 bits per heavy atom. The van der Waals surface area contributed by atoms with Crippen molar-refractivity contribution in [2.75, 3.05) is 18.6 Å². The van der Waals surface area contributed by atoms with Gasteiger partial charge in [0.25, 0.3) is 11.7 Å². The van der Waals surface area contributed by atoms with Crippen molar-refractivity contribution < 1.29 is 24.2 Å². The molecule has 1 atom stereocenters. The molecule has 1 aliphatic heterocycles. The molecule has 2 aromatic carbocycles. The van der Waals surface area contributed by atoms with Crippen molar-refractivity contribution in [1.82, 2.24) is 4.98 Å². The van der Waals surface area contributed by atoms with Crippen LogP contribution in [0.25, 0.3) is 5.76 Å². The summed E-state index contributed by atoms with van der Waals surface area (Å²) in [6.07, 6.45) is 1.59. The predicted octanol–water partition coefficient (Wildman–Crippen LogP) is 5.06. The molecule has 1 aliphatic rings. The number of ether oxygens (including phenoxy) is 2. The molecule has 1 unspecified atom stereocenters. The van der Waals surface area contributed by atoms with Gasteiger partial charge >= 0.3 is 0 Å². The van der Waals surface area contributed by atoms with Crippen molar-refractivity contribution in [3.8, 4) is 11.5 Å². The average Bonchev–Trinajstić information content (AvgIpc) is 3.13. The van der Waals surface area contributed by atoms with E-state index in [1.54, 1.807) is 74.0 Å². The van der Waals surface area contributed by atoms with E-state index in [1.807, 2.05) is 6.92 Å². The molecule has 1 saturated heterocycles. The highest BCUT2D eigenvalue weighted by atomic mass is 16.5. The maximum absolute atomic E-state index is 13.3. The van der Waals surface area contributed by atoms with Crippen LogP contribution < -0.4 is 14.4 Å². The molecule has 0 radical (unpaired) electrons. The number of carbonyl (C=O) groups is 2. The van der Waals surface area contributed by atoms with Gasteiger partial charge < -0.3 is 14.6 Å². The Hall–Kier alpha value is -4.13. The van der Waals surface area contributed by atoms with Gasteiger partial charge in [-0.25, -0.2) is 0 Å². The molecule has 0 bridgehead atoms. The number of rotatable bonds is 7. The smallest absolute Gasteiger partial charge is 0.300 e. The number of amides is 1. The molecule has 1 amide bonds. The highest BCUT2D eigenvalue weighted by Crippen LogP contribution is 2.42. The van der Waals surface area contributed by atoms with Crippen LogP contribution in [0.15, 0.2) is 72.4 Å². The minimum Gasteiger partial charge on any atom is -0.507 e. The molecule has 1 aromatic heterocycles. The largest absolute Gasteiger partial charge is 0.507 e. The molecule has 4 rings (SSSR count). The van der Waals surface area contributed by atoms with E-state index in [1.165, 1.54) is 4.90 Å². The third kappa shape index (κ3) is 4.75. The van der Waals surface area contributed by atoms with E-state index >= 15 is 0 Å². The van der Waals surface area contributed by atoms with Crippen LogP contribution in [0.5, 0.6) is 11.5 Å². The topological polar surface area (TPSA) is 89.0 Å². The van der Waals surface area contributed by atoms with E-state index in [0.717, 1.165) is 5.56 Å². The lowest BCUT2D eigenvalue weighted by Gasteiger charge is -2.24. The minimum absolute atomic E-state index is 0.0141. The molecule has 7 nitrogen and oxygen atoms in total. The van der Waals surface area contributed by atoms with E-state index in [0.29, 0.717) is 41.0 Å². The number of hydrogen-bond acceptors (Lipinski definition) is 6. The molecule has 0 spiro atoms. The van der Waals surface area contributed by atoms with Gasteiger partial charge in [0.05, 0.1) is 25.0 Å². The maximum Gasteiger partial charge on any atom is 0.300 e. The second-order valence-corrected chi connectivity index (χ2v) is 8.81. The van der Waals surface area contributed by atoms with Gasteiger partial charge in [-0.05, 0) is 73.0 Å². The predicted molar refractivity (Wildman–Crippen MR) is 134 cm³/mol. The summed E-state index contributed by atoms with van der Waals surface area (Å²) in [5.74, 6) is -0.0683. The van der Waals surface area contributed by atoms with Crippen LogP contribution in [0.2, 0.25) is 0 Å². The number of methoxy groups -OCH3 is 1. The number of nitrogens with zero attached hydrogens (tertiary/aromatic N) is 2. The molecule has 2 heterocycles. The zero-order valence-corrected chi connectivity index (χ0v) is 20.2. The van der Waals surface area contributed by atoms with E-state index in [-0.39, 0.29) is 11.3 Å². The number of aromatic nitrogens is 1. The molecular formula is C28H28N2O5. The van der Waals surface area contributed by atoms with Gasteiger partial charge in [-0.2, -0.15) is 0 Å². The molecular weight excluding hydrogens is 444 g/mol. The molecule has 180 valence electrons. The lowest BCUT2D eigenvalue weighted by Crippen LogP contribution is -2.29. The monoisotopic (exact) mass is 472 g/mol. The quantitative estimate of drug-likeness (QED) is 0.294. The Labute approximate surface area is 204 Å². The number of aryl methyl sites for hydroxylation is 1. The van der Waals surface area contributed by atoms with Crippen molar-refractivity contribution >= 4 is 23.1 Å². The average molecular weight is 473 g/mol. The minimum atomic E-state index is -0.887. The Morgan fingerprint density at radius 3 is 2.43 bits per heavy atom. The first-order chi connectivity index (χ1) is 16.8. The highest BCUT2D eigenvalue weighted by Gasteiger charge is 2.47. The van der Waals surface area contributed by atoms with Gasteiger partial charge in [0, 0.05) is 17.4 Å². The van der Waals surface area contributed by atoms with Gasteiger partial charge in [-0.1, -0.05) is 19.9 Å². The summed E-state index contributed by atoms with van der Waals surface area (Å²) in [4.78, 5) is 32.2. The van der Waals surface area contributed by atoms with Crippen molar-refractivity contribution in [2.45, 2.75) is 26.8 Å². The summed E-state index contributed by atoms with van der Waals surface area (Å²) in [6, 6.07) is 16.4. The normalized spacial score (nSPS) is 17.2. The zero-order valence-electron chi connectivity index (χ0n) is 20.2. The first kappa shape index (κ1) is 24.0. The number of carbonyl (C=O) groups excluding carboxylic acids is 2. The molecule has 1 fully saturated rings. The first-order valence-electron chi connectivity index (χ1n) is 11.4. The summed E-state index contributed by atoms with van der Waals surface area (Å²) >= 11 is 0. The van der Waals surface area contributed by atoms with Crippen molar-refractivity contribution in [3.05, 3.63) is 89.3 Å². The first-order valence-corrected chi connectivity index (χ1v) is 11.4. The van der Waals surface area contributed by atoms with Gasteiger partial charge in [-0.15, -0.1) is 0 Å². The van der Waals surface area contributed by atoms with Crippen molar-refractivity contribution in [2.24, 2.45) is 5.92 Å². The number of Topliss-reactive ketones (excluding diaryl/α,β-unsaturated/α-hetero) is 1. The summed E-state index contributed by atoms with van der Waals surface area (Å²) in [5.41, 5.74) is 2.19. The fourth-order valence-corrected chi connectivity index (χ4v) is 4.03. The third-order valence-corrected chi connectivity index (χ3v) is 5.78. The number of aliphatic hydroxyl groups excluding tert-OH is 1. The molecule has 35 heavy (non-hydrogen) atoms. The highest BCUT2D eigenvalue weighted by molar-refractivity contribution is 6.51. The molecule has 7 heteroatoms. The summed E-state index contributed by atoms with van der Waals surface area (Å²) in [6.45, 7) is 6.57. The van der Waals surface area contributed by atoms with E-state index in [4.69, 9.17) is 9.47 Å². The second-order valence-electron chi connectivity index (χ2n) is 8.81. The van der Waals surface area contributed by atoms with Crippen LogP contribution in [-0.2, 0) is 9.59 Å². The lowest BCUT2D eigenvalue weighted by atomic mass is 9.97. The Bertz CT molecular complexity index is 1270. The lowest BCUT2D eigenvalue weighted by molar-refractivity contribution is -0.132. The van der Waals surface area contributed by atoms with Gasteiger partial charge in [0.15, 0.2) is 0 Å². The van der Waals surface area contributed by atoms with Crippen LogP contribution in [0, 0.1) is 12.8 Å². The summed E-state index contributed by atoms with van der Waals surface area (Å²) in [7, 11) is 1.55. The van der Waals surface area contributed by atoms with Crippen molar-refractivity contribution in [3.63, 3.8) is 0 Å². The fourth-order valence-electron chi connectivity index (χ4n) is 4.03. The fraction of sp³-hybridized carbons (Fsp3) is 0.250. The Balaban J connectivity index is 1.82. The van der Waals surface area contributed by atoms with Crippen LogP contribution >= 0.6 is 0 Å². The third-order valence-electron chi connectivity index (χ3n) is 5.78. The molecule has 0 saturated carbocycles. The van der Waals surface area contributed by atoms with Crippen LogP contribution in [0.1, 0.15) is 36.7 Å². The number of ketones is 1. The Morgan fingerprint density at radius 1 is 1.09 bits per heavy atom.